The number of aliphatic imine (C=N–C) groups is 1. The highest BCUT2D eigenvalue weighted by atomic mass is 32.2. The maximum atomic E-state index is 11.4. The van der Waals surface area contributed by atoms with Crippen LogP contribution in [0, 0.1) is 5.41 Å². The normalized spacial score (nSPS) is 18.1. The van der Waals surface area contributed by atoms with Gasteiger partial charge in [-0.1, -0.05) is 12.8 Å². The third kappa shape index (κ3) is 7.50. The maximum Gasteiger partial charge on any atom is 0.211 e. The van der Waals surface area contributed by atoms with Gasteiger partial charge in [-0.25, -0.2) is 13.1 Å². The molecular formula is C15H32N4O3S. The summed E-state index contributed by atoms with van der Waals surface area (Å²) in [4.78, 5) is 4.20. The van der Waals surface area contributed by atoms with Crippen LogP contribution in [0.5, 0.6) is 0 Å². The first-order chi connectivity index (χ1) is 11.0. The second kappa shape index (κ2) is 10.1. The van der Waals surface area contributed by atoms with Crippen LogP contribution in [0.3, 0.4) is 0 Å². The number of nitrogens with one attached hydrogen (secondary N) is 3. The van der Waals surface area contributed by atoms with Gasteiger partial charge in [0.2, 0.25) is 10.0 Å². The number of sulfonamides is 1. The molecule has 23 heavy (non-hydrogen) atoms. The molecule has 1 aliphatic carbocycles. The molecule has 0 heterocycles. The van der Waals surface area contributed by atoms with E-state index in [0.29, 0.717) is 19.0 Å². The van der Waals surface area contributed by atoms with Crippen molar-refractivity contribution in [2.75, 3.05) is 46.2 Å². The average molecular weight is 349 g/mol. The number of methoxy groups -OCH3 is 1. The quantitative estimate of drug-likeness (QED) is 0.307. The Labute approximate surface area is 140 Å². The van der Waals surface area contributed by atoms with Gasteiger partial charge in [0.15, 0.2) is 5.96 Å². The van der Waals surface area contributed by atoms with Crippen molar-refractivity contribution in [3.63, 3.8) is 0 Å². The molecule has 3 N–H and O–H groups in total. The molecule has 1 aliphatic rings. The lowest BCUT2D eigenvalue weighted by molar-refractivity contribution is 0.138. The summed E-state index contributed by atoms with van der Waals surface area (Å²) in [5.41, 5.74) is 0.289. The Morgan fingerprint density at radius 1 is 1.22 bits per heavy atom. The molecule has 0 aromatic rings. The third-order valence-corrected chi connectivity index (χ3v) is 5.88. The van der Waals surface area contributed by atoms with Gasteiger partial charge in [-0.2, -0.15) is 0 Å². The molecule has 136 valence electrons. The number of hydrogen-bond donors (Lipinski definition) is 3. The van der Waals surface area contributed by atoms with Gasteiger partial charge in [-0.15, -0.1) is 0 Å². The summed E-state index contributed by atoms with van der Waals surface area (Å²) < 4.78 is 30.5. The van der Waals surface area contributed by atoms with Gasteiger partial charge >= 0.3 is 0 Å². The van der Waals surface area contributed by atoms with Crippen LogP contribution in [0.2, 0.25) is 0 Å². The summed E-state index contributed by atoms with van der Waals surface area (Å²) in [5, 5.41) is 6.52. The Morgan fingerprint density at radius 3 is 2.48 bits per heavy atom. The van der Waals surface area contributed by atoms with Crippen LogP contribution in [-0.2, 0) is 14.8 Å². The molecule has 0 aromatic carbocycles. The van der Waals surface area contributed by atoms with Crippen molar-refractivity contribution in [1.29, 1.82) is 0 Å². The number of ether oxygens (including phenoxy) is 1. The van der Waals surface area contributed by atoms with Gasteiger partial charge in [0.1, 0.15) is 0 Å². The Morgan fingerprint density at radius 2 is 1.91 bits per heavy atom. The SMILES string of the molecule is CCS(=O)(=O)NCCNC(=NC)NCC1(CCOC)CCCC1. The predicted octanol–water partition coefficient (Wildman–Crippen LogP) is 0.688. The minimum Gasteiger partial charge on any atom is -0.385 e. The van der Waals surface area contributed by atoms with E-state index in [1.165, 1.54) is 25.7 Å². The highest BCUT2D eigenvalue weighted by Gasteiger charge is 2.33. The lowest BCUT2D eigenvalue weighted by Gasteiger charge is -2.30. The molecule has 0 atom stereocenters. The summed E-state index contributed by atoms with van der Waals surface area (Å²) in [5.74, 6) is 0.812. The first kappa shape index (κ1) is 20.2. The average Bonchev–Trinajstić information content (AvgIpc) is 3.01. The molecule has 1 saturated carbocycles. The summed E-state index contributed by atoms with van der Waals surface area (Å²) in [7, 11) is 0.334. The van der Waals surface area contributed by atoms with Crippen molar-refractivity contribution in [2.45, 2.75) is 39.0 Å². The van der Waals surface area contributed by atoms with E-state index in [9.17, 15) is 8.42 Å². The van der Waals surface area contributed by atoms with Crippen LogP contribution in [-0.4, -0.2) is 60.5 Å². The Hall–Kier alpha value is -0.860. The molecule has 0 unspecified atom stereocenters. The zero-order valence-electron chi connectivity index (χ0n) is 14.7. The molecule has 7 nitrogen and oxygen atoms in total. The minimum absolute atomic E-state index is 0.0992. The van der Waals surface area contributed by atoms with Crippen molar-refractivity contribution in [3.05, 3.63) is 0 Å². The summed E-state index contributed by atoms with van der Waals surface area (Å²) in [6, 6.07) is 0. The molecule has 1 rings (SSSR count). The van der Waals surface area contributed by atoms with Gasteiger partial charge in [0.25, 0.3) is 0 Å². The zero-order chi connectivity index (χ0) is 17.2. The molecule has 1 fully saturated rings. The Balaban J connectivity index is 2.35. The topological polar surface area (TPSA) is 91.8 Å². The van der Waals surface area contributed by atoms with Gasteiger partial charge in [0.05, 0.1) is 5.75 Å². The predicted molar refractivity (Wildman–Crippen MR) is 94.2 cm³/mol. The molecule has 0 saturated heterocycles. The van der Waals surface area contributed by atoms with Gasteiger partial charge < -0.3 is 15.4 Å². The largest absolute Gasteiger partial charge is 0.385 e. The van der Waals surface area contributed by atoms with Crippen molar-refractivity contribution in [1.82, 2.24) is 15.4 Å². The molecule has 8 heteroatoms. The zero-order valence-corrected chi connectivity index (χ0v) is 15.5. The molecule has 0 bridgehead atoms. The van der Waals surface area contributed by atoms with Crippen molar-refractivity contribution >= 4 is 16.0 Å². The first-order valence-corrected chi connectivity index (χ1v) is 10.0. The molecule has 0 aromatic heterocycles. The van der Waals surface area contributed by atoms with E-state index < -0.39 is 10.0 Å². The summed E-state index contributed by atoms with van der Waals surface area (Å²) in [6.07, 6.45) is 6.05. The lowest BCUT2D eigenvalue weighted by atomic mass is 9.83. The first-order valence-electron chi connectivity index (χ1n) is 8.38. The summed E-state index contributed by atoms with van der Waals surface area (Å²) in [6.45, 7) is 4.14. The lowest BCUT2D eigenvalue weighted by Crippen LogP contribution is -2.45. The standard InChI is InChI=1S/C15H32N4O3S/c1-4-23(20,21)19-11-10-17-14(16-2)18-13-15(9-12-22-3)7-5-6-8-15/h19H,4-13H2,1-3H3,(H2,16,17,18). The van der Waals surface area contributed by atoms with Crippen molar-refractivity contribution in [3.8, 4) is 0 Å². The van der Waals surface area contributed by atoms with Gasteiger partial charge in [-0.3, -0.25) is 4.99 Å². The van der Waals surface area contributed by atoms with Crippen LogP contribution in [0.15, 0.2) is 4.99 Å². The Bertz CT molecular complexity index is 459. The van der Waals surface area contributed by atoms with E-state index >= 15 is 0 Å². The molecule has 0 aliphatic heterocycles. The molecule has 0 amide bonds. The minimum atomic E-state index is -3.13. The monoisotopic (exact) mass is 348 g/mol. The smallest absolute Gasteiger partial charge is 0.211 e. The van der Waals surface area contributed by atoms with Crippen LogP contribution in [0.1, 0.15) is 39.0 Å². The van der Waals surface area contributed by atoms with Gasteiger partial charge in [-0.05, 0) is 31.6 Å². The van der Waals surface area contributed by atoms with Crippen LogP contribution >= 0.6 is 0 Å². The summed E-state index contributed by atoms with van der Waals surface area (Å²) >= 11 is 0. The van der Waals surface area contributed by atoms with Crippen LogP contribution in [0.25, 0.3) is 0 Å². The molecular weight excluding hydrogens is 316 g/mol. The van der Waals surface area contributed by atoms with E-state index in [0.717, 1.165) is 19.6 Å². The van der Waals surface area contributed by atoms with E-state index in [2.05, 4.69) is 20.3 Å². The fourth-order valence-electron chi connectivity index (χ4n) is 2.94. The number of nitrogens with zero attached hydrogens (tertiary/aromatic N) is 1. The van der Waals surface area contributed by atoms with Gasteiger partial charge in [0, 0.05) is 40.4 Å². The second-order valence-electron chi connectivity index (χ2n) is 6.10. The third-order valence-electron chi connectivity index (χ3n) is 4.47. The highest BCUT2D eigenvalue weighted by molar-refractivity contribution is 7.89. The van der Waals surface area contributed by atoms with E-state index in [-0.39, 0.29) is 11.2 Å². The fraction of sp³-hybridized carbons (Fsp3) is 0.933. The van der Waals surface area contributed by atoms with E-state index in [1.807, 2.05) is 0 Å². The highest BCUT2D eigenvalue weighted by Crippen LogP contribution is 2.40. The molecule has 0 spiro atoms. The Kier molecular flexibility index (Phi) is 8.86. The van der Waals surface area contributed by atoms with Crippen LogP contribution in [0.4, 0.5) is 0 Å². The van der Waals surface area contributed by atoms with Crippen LogP contribution < -0.4 is 15.4 Å². The fourth-order valence-corrected chi connectivity index (χ4v) is 3.56. The maximum absolute atomic E-state index is 11.4. The number of guanidine groups is 1. The molecule has 0 radical (unpaired) electrons. The number of hydrogen-bond acceptors (Lipinski definition) is 4. The van der Waals surface area contributed by atoms with E-state index in [4.69, 9.17) is 4.74 Å². The number of rotatable bonds is 10. The van der Waals surface area contributed by atoms with Crippen molar-refractivity contribution in [2.24, 2.45) is 10.4 Å². The second-order valence-corrected chi connectivity index (χ2v) is 8.20. The van der Waals surface area contributed by atoms with E-state index in [1.54, 1.807) is 21.1 Å². The van der Waals surface area contributed by atoms with Crippen molar-refractivity contribution < 1.29 is 13.2 Å².